The molecule has 1 aromatic carbocycles. The summed E-state index contributed by atoms with van der Waals surface area (Å²) in [6.07, 6.45) is 8.82. The van der Waals surface area contributed by atoms with E-state index in [0.717, 1.165) is 69.3 Å². The van der Waals surface area contributed by atoms with Gasteiger partial charge in [-0.15, -0.1) is 0 Å². The number of ether oxygens (including phenoxy) is 1. The second-order valence-corrected chi connectivity index (χ2v) is 7.88. The third kappa shape index (κ3) is 5.53. The molecular weight excluding hydrogens is 394 g/mol. The van der Waals surface area contributed by atoms with Gasteiger partial charge in [0.15, 0.2) is 11.5 Å². The molecule has 0 aliphatic carbocycles. The zero-order valence-corrected chi connectivity index (χ0v) is 18.1. The van der Waals surface area contributed by atoms with Crippen LogP contribution in [0.15, 0.2) is 23.3 Å². The fourth-order valence-corrected chi connectivity index (χ4v) is 3.92. The van der Waals surface area contributed by atoms with Crippen molar-refractivity contribution in [3.05, 3.63) is 23.8 Å². The number of hydrazone groups is 1. The molecule has 4 rings (SSSR count). The Morgan fingerprint density at radius 3 is 2.16 bits per heavy atom. The highest BCUT2D eigenvalue weighted by molar-refractivity contribution is 5.81. The molecule has 0 spiro atoms. The predicted octanol–water partition coefficient (Wildman–Crippen LogP) is 3.40. The quantitative estimate of drug-likeness (QED) is 0.514. The number of nitrogens with one attached hydrogen (secondary N) is 1. The minimum atomic E-state index is 0.113. The molecule has 0 atom stereocenters. The van der Waals surface area contributed by atoms with E-state index in [2.05, 4.69) is 30.3 Å². The SMILES string of the molecule is CCOc1cc(/C=N/Nc2nc(N3CCCCC3)nc(N3CCCCC3)n2)ccc1O. The molecule has 0 amide bonds. The van der Waals surface area contributed by atoms with E-state index in [1.807, 2.05) is 6.92 Å². The molecule has 0 unspecified atom stereocenters. The van der Waals surface area contributed by atoms with Gasteiger partial charge in [0.1, 0.15) is 0 Å². The fraction of sp³-hybridized carbons (Fsp3) is 0.545. The van der Waals surface area contributed by atoms with Gasteiger partial charge in [-0.1, -0.05) is 0 Å². The molecule has 31 heavy (non-hydrogen) atoms. The topological polar surface area (TPSA) is 99.0 Å². The molecule has 2 aromatic rings. The largest absolute Gasteiger partial charge is 0.504 e. The molecule has 9 heteroatoms. The lowest BCUT2D eigenvalue weighted by Crippen LogP contribution is -2.34. The van der Waals surface area contributed by atoms with Crippen molar-refractivity contribution in [1.29, 1.82) is 0 Å². The lowest BCUT2D eigenvalue weighted by molar-refractivity contribution is 0.318. The van der Waals surface area contributed by atoms with Gasteiger partial charge in [0, 0.05) is 26.2 Å². The molecule has 2 N–H and O–H groups in total. The van der Waals surface area contributed by atoms with E-state index in [1.54, 1.807) is 24.4 Å². The van der Waals surface area contributed by atoms with Gasteiger partial charge in [-0.05, 0) is 69.2 Å². The van der Waals surface area contributed by atoms with Gasteiger partial charge in [-0.3, -0.25) is 0 Å². The summed E-state index contributed by atoms with van der Waals surface area (Å²) >= 11 is 0. The molecule has 1 aromatic heterocycles. The number of phenols is 1. The second kappa shape index (κ2) is 10.3. The van der Waals surface area contributed by atoms with Gasteiger partial charge >= 0.3 is 0 Å². The van der Waals surface area contributed by atoms with Gasteiger partial charge in [0.05, 0.1) is 12.8 Å². The molecular formula is C22H31N7O2. The van der Waals surface area contributed by atoms with Crippen molar-refractivity contribution in [1.82, 2.24) is 15.0 Å². The summed E-state index contributed by atoms with van der Waals surface area (Å²) in [6.45, 7) is 6.25. The number of phenolic OH excluding ortho intramolecular Hbond substituents is 1. The molecule has 9 nitrogen and oxygen atoms in total. The monoisotopic (exact) mass is 425 g/mol. The highest BCUT2D eigenvalue weighted by atomic mass is 16.5. The number of hydrogen-bond donors (Lipinski definition) is 2. The molecule has 2 saturated heterocycles. The van der Waals surface area contributed by atoms with Crippen molar-refractivity contribution in [2.45, 2.75) is 45.4 Å². The number of benzene rings is 1. The minimum absolute atomic E-state index is 0.113. The Bertz CT molecular complexity index is 857. The van der Waals surface area contributed by atoms with Crippen molar-refractivity contribution >= 4 is 24.1 Å². The Balaban J connectivity index is 1.53. The number of piperidine rings is 2. The lowest BCUT2D eigenvalue weighted by atomic mass is 10.1. The molecule has 2 aliphatic rings. The van der Waals surface area contributed by atoms with Crippen LogP contribution in [-0.2, 0) is 0 Å². The van der Waals surface area contributed by atoms with Crippen LogP contribution in [0.1, 0.15) is 51.0 Å². The second-order valence-electron chi connectivity index (χ2n) is 7.88. The van der Waals surface area contributed by atoms with Gasteiger partial charge in [0.25, 0.3) is 0 Å². The van der Waals surface area contributed by atoms with Crippen LogP contribution >= 0.6 is 0 Å². The molecule has 2 aliphatic heterocycles. The van der Waals surface area contributed by atoms with Gasteiger partial charge in [-0.2, -0.15) is 20.1 Å². The third-order valence-corrected chi connectivity index (χ3v) is 5.55. The first kappa shape index (κ1) is 21.1. The summed E-state index contributed by atoms with van der Waals surface area (Å²) in [6, 6.07) is 5.11. The van der Waals surface area contributed by atoms with Crippen molar-refractivity contribution in [3.63, 3.8) is 0 Å². The number of nitrogens with zero attached hydrogens (tertiary/aromatic N) is 6. The summed E-state index contributed by atoms with van der Waals surface area (Å²) in [5.74, 6) is 2.43. The average Bonchev–Trinajstić information content (AvgIpc) is 2.82. The zero-order valence-electron chi connectivity index (χ0n) is 18.1. The average molecular weight is 426 g/mol. The van der Waals surface area contributed by atoms with E-state index in [1.165, 1.54) is 12.8 Å². The number of rotatable bonds is 7. The number of aromatic hydroxyl groups is 1. The summed E-state index contributed by atoms with van der Waals surface area (Å²) in [4.78, 5) is 18.5. The molecule has 0 radical (unpaired) electrons. The van der Waals surface area contributed by atoms with Crippen LogP contribution in [0.2, 0.25) is 0 Å². The minimum Gasteiger partial charge on any atom is -0.504 e. The number of anilines is 3. The van der Waals surface area contributed by atoms with Crippen molar-refractivity contribution in [2.75, 3.05) is 48.0 Å². The van der Waals surface area contributed by atoms with Gasteiger partial charge in [-0.25, -0.2) is 5.43 Å². The van der Waals surface area contributed by atoms with E-state index in [-0.39, 0.29) is 5.75 Å². The Labute approximate surface area is 183 Å². The first-order valence-corrected chi connectivity index (χ1v) is 11.2. The highest BCUT2D eigenvalue weighted by Gasteiger charge is 2.20. The zero-order chi connectivity index (χ0) is 21.5. The van der Waals surface area contributed by atoms with Crippen LogP contribution < -0.4 is 20.0 Å². The highest BCUT2D eigenvalue weighted by Crippen LogP contribution is 2.26. The first-order chi connectivity index (χ1) is 15.2. The van der Waals surface area contributed by atoms with Crippen LogP contribution in [0, 0.1) is 0 Å². The van der Waals surface area contributed by atoms with Gasteiger partial charge < -0.3 is 19.6 Å². The van der Waals surface area contributed by atoms with Crippen LogP contribution in [-0.4, -0.2) is 59.1 Å². The number of aromatic nitrogens is 3. The summed E-state index contributed by atoms with van der Waals surface area (Å²) in [5.41, 5.74) is 3.77. The Hall–Kier alpha value is -3.10. The fourth-order valence-electron chi connectivity index (χ4n) is 3.92. The molecule has 3 heterocycles. The van der Waals surface area contributed by atoms with Crippen LogP contribution in [0.3, 0.4) is 0 Å². The van der Waals surface area contributed by atoms with E-state index in [4.69, 9.17) is 9.72 Å². The maximum atomic E-state index is 9.86. The first-order valence-electron chi connectivity index (χ1n) is 11.2. The Morgan fingerprint density at radius 1 is 0.968 bits per heavy atom. The van der Waals surface area contributed by atoms with Crippen LogP contribution in [0.5, 0.6) is 11.5 Å². The normalized spacial score (nSPS) is 17.2. The summed E-state index contributed by atoms with van der Waals surface area (Å²) in [7, 11) is 0. The summed E-state index contributed by atoms with van der Waals surface area (Å²) < 4.78 is 5.43. The molecule has 166 valence electrons. The van der Waals surface area contributed by atoms with Crippen molar-refractivity contribution < 1.29 is 9.84 Å². The predicted molar refractivity (Wildman–Crippen MR) is 122 cm³/mol. The molecule has 0 bridgehead atoms. The smallest absolute Gasteiger partial charge is 0.250 e. The van der Waals surface area contributed by atoms with E-state index in [9.17, 15) is 5.11 Å². The Kier molecular flexibility index (Phi) is 7.01. The van der Waals surface area contributed by atoms with Crippen molar-refractivity contribution in [3.8, 4) is 11.5 Å². The Morgan fingerprint density at radius 2 is 1.58 bits per heavy atom. The summed E-state index contributed by atoms with van der Waals surface area (Å²) in [5, 5.41) is 14.2. The third-order valence-electron chi connectivity index (χ3n) is 5.55. The van der Waals surface area contributed by atoms with E-state index < -0.39 is 0 Å². The maximum absolute atomic E-state index is 9.86. The van der Waals surface area contributed by atoms with E-state index in [0.29, 0.717) is 18.3 Å². The van der Waals surface area contributed by atoms with Crippen LogP contribution in [0.4, 0.5) is 17.8 Å². The molecule has 2 fully saturated rings. The number of hydrogen-bond acceptors (Lipinski definition) is 9. The lowest BCUT2D eigenvalue weighted by Gasteiger charge is -2.30. The standard InChI is InChI=1S/C22H31N7O2/c1-2-31-19-15-17(9-10-18(19)30)16-23-27-20-24-21(28-11-5-3-6-12-28)26-22(25-20)29-13-7-4-8-14-29/h9-10,15-16,30H,2-8,11-14H2,1H3,(H,24,25,26,27)/b23-16+. The van der Waals surface area contributed by atoms with Gasteiger partial charge in [0.2, 0.25) is 17.8 Å². The van der Waals surface area contributed by atoms with Crippen molar-refractivity contribution in [2.24, 2.45) is 5.10 Å². The van der Waals surface area contributed by atoms with E-state index >= 15 is 0 Å². The van der Waals surface area contributed by atoms with Crippen LogP contribution in [0.25, 0.3) is 0 Å². The maximum Gasteiger partial charge on any atom is 0.250 e. The molecule has 0 saturated carbocycles.